The molecule has 0 fully saturated rings. The van der Waals surface area contributed by atoms with Crippen molar-refractivity contribution in [3.05, 3.63) is 0 Å². The van der Waals surface area contributed by atoms with Gasteiger partial charge < -0.3 is 9.47 Å². The van der Waals surface area contributed by atoms with Crippen LogP contribution in [-0.4, -0.2) is 25.8 Å². The van der Waals surface area contributed by atoms with E-state index in [9.17, 15) is 4.79 Å². The molecule has 0 aromatic carbocycles. The van der Waals surface area contributed by atoms with Gasteiger partial charge in [-0.15, -0.1) is 0 Å². The number of ether oxygens (including phenoxy) is 2. The largest absolute Gasteiger partial charge is 0.462 e. The van der Waals surface area contributed by atoms with Crippen molar-refractivity contribution in [2.75, 3.05) is 13.2 Å². The van der Waals surface area contributed by atoms with E-state index in [1.54, 1.807) is 6.92 Å². The summed E-state index contributed by atoms with van der Waals surface area (Å²) in [4.78, 5) is 9.70. The second kappa shape index (κ2) is 5.56. The normalized spacial score (nSPS) is 12.7. The molecule has 0 amide bonds. The van der Waals surface area contributed by atoms with Crippen molar-refractivity contribution in [3.8, 4) is 0 Å². The first-order chi connectivity index (χ1) is 4.31. The van der Waals surface area contributed by atoms with Crippen LogP contribution >= 0.6 is 0 Å². The predicted octanol–water partition coefficient (Wildman–Crippen LogP) is 0.584. The Morgan fingerprint density at radius 1 is 1.67 bits per heavy atom. The Balaban J connectivity index is 3.04. The van der Waals surface area contributed by atoms with Crippen LogP contribution in [0.4, 0.5) is 0 Å². The minimum absolute atomic E-state index is 0.123. The van der Waals surface area contributed by atoms with Gasteiger partial charge in [0.15, 0.2) is 0 Å². The summed E-state index contributed by atoms with van der Waals surface area (Å²) in [6.07, 6.45) is -0.123. The van der Waals surface area contributed by atoms with Gasteiger partial charge >= 0.3 is 0 Å². The zero-order valence-electron chi connectivity index (χ0n) is 5.79. The topological polar surface area (TPSA) is 35.5 Å². The average Bonchev–Trinajstić information content (AvgIpc) is 1.85. The van der Waals surface area contributed by atoms with E-state index in [1.165, 1.54) is 0 Å². The highest BCUT2D eigenvalue weighted by Crippen LogP contribution is 1.87. The molecule has 0 N–H and O–H groups in total. The highest BCUT2D eigenvalue weighted by molar-refractivity contribution is 5.37. The molecule has 0 saturated heterocycles. The van der Waals surface area contributed by atoms with Gasteiger partial charge in [0, 0.05) is 6.61 Å². The highest BCUT2D eigenvalue weighted by Gasteiger charge is 1.98. The standard InChI is InChI=1S/C6H12O3/c1-3-8-4-6(2)9-5-7/h5-6H,3-4H2,1-2H3. The monoisotopic (exact) mass is 132 g/mol. The van der Waals surface area contributed by atoms with E-state index in [4.69, 9.17) is 4.74 Å². The zero-order chi connectivity index (χ0) is 7.11. The van der Waals surface area contributed by atoms with Crippen LogP contribution in [0.5, 0.6) is 0 Å². The van der Waals surface area contributed by atoms with Crippen LogP contribution in [0.25, 0.3) is 0 Å². The molecule has 0 heterocycles. The fraction of sp³-hybridized carbons (Fsp3) is 0.833. The second-order valence-corrected chi connectivity index (χ2v) is 1.70. The van der Waals surface area contributed by atoms with Gasteiger partial charge in [0.2, 0.25) is 0 Å². The van der Waals surface area contributed by atoms with Crippen LogP contribution in [0.15, 0.2) is 0 Å². The Morgan fingerprint density at radius 3 is 2.78 bits per heavy atom. The summed E-state index contributed by atoms with van der Waals surface area (Å²) in [5.74, 6) is 0. The van der Waals surface area contributed by atoms with Crippen molar-refractivity contribution in [2.45, 2.75) is 20.0 Å². The number of hydrogen-bond acceptors (Lipinski definition) is 3. The van der Waals surface area contributed by atoms with Crippen LogP contribution in [0, 0.1) is 0 Å². The molecule has 1 atom stereocenters. The van der Waals surface area contributed by atoms with Crippen LogP contribution in [0.1, 0.15) is 13.8 Å². The Bertz CT molecular complexity index is 72.7. The van der Waals surface area contributed by atoms with Crippen molar-refractivity contribution in [3.63, 3.8) is 0 Å². The van der Waals surface area contributed by atoms with Gasteiger partial charge in [-0.05, 0) is 13.8 Å². The van der Waals surface area contributed by atoms with E-state index < -0.39 is 0 Å². The first-order valence-corrected chi connectivity index (χ1v) is 2.98. The van der Waals surface area contributed by atoms with Crippen LogP contribution < -0.4 is 0 Å². The summed E-state index contributed by atoms with van der Waals surface area (Å²) in [5, 5.41) is 0. The quantitative estimate of drug-likeness (QED) is 0.513. The number of carbonyl (C=O) groups is 1. The number of carbonyl (C=O) groups excluding carboxylic acids is 1. The first-order valence-electron chi connectivity index (χ1n) is 2.98. The molecule has 54 valence electrons. The Labute approximate surface area is 55.0 Å². The van der Waals surface area contributed by atoms with Crippen molar-refractivity contribution < 1.29 is 14.3 Å². The summed E-state index contributed by atoms with van der Waals surface area (Å²) in [6.45, 7) is 5.25. The van der Waals surface area contributed by atoms with E-state index in [-0.39, 0.29) is 6.10 Å². The Kier molecular flexibility index (Phi) is 5.21. The van der Waals surface area contributed by atoms with E-state index >= 15 is 0 Å². The number of rotatable bonds is 5. The maximum Gasteiger partial charge on any atom is 0.293 e. The summed E-state index contributed by atoms with van der Waals surface area (Å²) in [6, 6.07) is 0. The molecule has 0 aliphatic rings. The summed E-state index contributed by atoms with van der Waals surface area (Å²) in [7, 11) is 0. The van der Waals surface area contributed by atoms with E-state index in [1.807, 2.05) is 6.92 Å². The fourth-order valence-electron chi connectivity index (χ4n) is 0.418. The van der Waals surface area contributed by atoms with Crippen LogP contribution in [0.3, 0.4) is 0 Å². The van der Waals surface area contributed by atoms with Gasteiger partial charge in [-0.25, -0.2) is 0 Å². The Morgan fingerprint density at radius 2 is 2.33 bits per heavy atom. The molecule has 0 radical (unpaired) electrons. The smallest absolute Gasteiger partial charge is 0.293 e. The fourth-order valence-corrected chi connectivity index (χ4v) is 0.418. The van der Waals surface area contributed by atoms with Crippen molar-refractivity contribution in [1.82, 2.24) is 0 Å². The molecule has 0 aliphatic carbocycles. The molecule has 3 heteroatoms. The van der Waals surface area contributed by atoms with Gasteiger partial charge in [-0.1, -0.05) is 0 Å². The molecular formula is C6H12O3. The Hall–Kier alpha value is -0.570. The maximum atomic E-state index is 9.70. The zero-order valence-corrected chi connectivity index (χ0v) is 5.79. The highest BCUT2D eigenvalue weighted by atomic mass is 16.6. The lowest BCUT2D eigenvalue weighted by molar-refractivity contribution is -0.135. The van der Waals surface area contributed by atoms with Crippen LogP contribution in [0.2, 0.25) is 0 Å². The molecule has 0 aromatic rings. The van der Waals surface area contributed by atoms with Crippen molar-refractivity contribution >= 4 is 6.47 Å². The average molecular weight is 132 g/mol. The molecule has 0 rings (SSSR count). The van der Waals surface area contributed by atoms with Gasteiger partial charge in [-0.3, -0.25) is 4.79 Å². The van der Waals surface area contributed by atoms with Crippen molar-refractivity contribution in [1.29, 1.82) is 0 Å². The third-order valence-corrected chi connectivity index (χ3v) is 0.845. The SMILES string of the molecule is CCOCC(C)OC=O. The van der Waals surface area contributed by atoms with Crippen LogP contribution in [-0.2, 0) is 14.3 Å². The third kappa shape index (κ3) is 5.30. The lowest BCUT2D eigenvalue weighted by atomic mass is 10.4. The molecule has 0 spiro atoms. The minimum Gasteiger partial charge on any atom is -0.462 e. The lowest BCUT2D eigenvalue weighted by Crippen LogP contribution is -2.14. The molecular weight excluding hydrogens is 120 g/mol. The van der Waals surface area contributed by atoms with E-state index in [0.29, 0.717) is 19.7 Å². The molecule has 9 heavy (non-hydrogen) atoms. The summed E-state index contributed by atoms with van der Waals surface area (Å²) < 4.78 is 9.50. The summed E-state index contributed by atoms with van der Waals surface area (Å²) >= 11 is 0. The molecule has 0 aromatic heterocycles. The number of hydrogen-bond donors (Lipinski definition) is 0. The van der Waals surface area contributed by atoms with Gasteiger partial charge in [0.25, 0.3) is 6.47 Å². The minimum atomic E-state index is -0.123. The molecule has 0 saturated carbocycles. The molecule has 0 aliphatic heterocycles. The molecule has 3 nitrogen and oxygen atoms in total. The van der Waals surface area contributed by atoms with Gasteiger partial charge in [0.05, 0.1) is 6.61 Å². The second-order valence-electron chi connectivity index (χ2n) is 1.70. The molecule has 0 bridgehead atoms. The third-order valence-electron chi connectivity index (χ3n) is 0.845. The van der Waals surface area contributed by atoms with Gasteiger partial charge in [0.1, 0.15) is 6.10 Å². The lowest BCUT2D eigenvalue weighted by Gasteiger charge is -2.07. The first kappa shape index (κ1) is 8.43. The predicted molar refractivity (Wildman–Crippen MR) is 33.1 cm³/mol. The van der Waals surface area contributed by atoms with Crippen molar-refractivity contribution in [2.24, 2.45) is 0 Å². The van der Waals surface area contributed by atoms with Gasteiger partial charge in [-0.2, -0.15) is 0 Å². The summed E-state index contributed by atoms with van der Waals surface area (Å²) in [5.41, 5.74) is 0. The maximum absolute atomic E-state index is 9.70. The van der Waals surface area contributed by atoms with E-state index in [0.717, 1.165) is 0 Å². The van der Waals surface area contributed by atoms with E-state index in [2.05, 4.69) is 4.74 Å². The molecule has 1 unspecified atom stereocenters.